The van der Waals surface area contributed by atoms with Gasteiger partial charge in [-0.15, -0.1) is 0 Å². The molecular weight excluding hydrogens is 274 g/mol. The summed E-state index contributed by atoms with van der Waals surface area (Å²) in [5.41, 5.74) is 8.26. The molecule has 0 unspecified atom stereocenters. The molecule has 0 amide bonds. The Balaban J connectivity index is 2.22. The minimum absolute atomic E-state index is 0.0221. The zero-order valence-electron chi connectivity index (χ0n) is 11.8. The first-order valence-corrected chi connectivity index (χ1v) is 6.80. The smallest absolute Gasteiger partial charge is 0.239 e. The van der Waals surface area contributed by atoms with Gasteiger partial charge in [0.2, 0.25) is 5.88 Å². The van der Waals surface area contributed by atoms with Crippen molar-refractivity contribution in [2.45, 2.75) is 26.9 Å². The third-order valence-electron chi connectivity index (χ3n) is 2.68. The van der Waals surface area contributed by atoms with Crippen molar-refractivity contribution in [1.82, 2.24) is 4.98 Å². The van der Waals surface area contributed by atoms with Gasteiger partial charge in [-0.25, -0.2) is 0 Å². The largest absolute Gasteiger partial charge is 0.473 e. The number of nitrogens with one attached hydrogen (secondary N) is 1. The number of nitrogen functional groups attached to an aromatic ring is 1. The molecule has 1 aromatic carbocycles. The van der Waals surface area contributed by atoms with Crippen LogP contribution >= 0.6 is 11.6 Å². The van der Waals surface area contributed by atoms with E-state index in [1.165, 1.54) is 0 Å². The predicted molar refractivity (Wildman–Crippen MR) is 83.9 cm³/mol. The topological polar surface area (TPSA) is 60.2 Å². The number of hydrogen-bond acceptors (Lipinski definition) is 4. The molecule has 20 heavy (non-hydrogen) atoms. The molecule has 1 aromatic heterocycles. The van der Waals surface area contributed by atoms with Gasteiger partial charge in [0.25, 0.3) is 0 Å². The summed E-state index contributed by atoms with van der Waals surface area (Å²) in [6.07, 6.45) is 0.0221. The van der Waals surface area contributed by atoms with Crippen LogP contribution in [0.15, 0.2) is 30.3 Å². The second-order valence-electron chi connectivity index (χ2n) is 4.85. The number of nitrogens with zero attached hydrogens (tertiary/aromatic N) is 1. The summed E-state index contributed by atoms with van der Waals surface area (Å²) in [4.78, 5) is 4.36. The summed E-state index contributed by atoms with van der Waals surface area (Å²) >= 11 is 6.10. The number of anilines is 3. The molecule has 2 rings (SSSR count). The zero-order valence-corrected chi connectivity index (χ0v) is 12.5. The highest BCUT2D eigenvalue weighted by atomic mass is 35.5. The van der Waals surface area contributed by atoms with Crippen molar-refractivity contribution in [1.29, 1.82) is 0 Å². The Morgan fingerprint density at radius 3 is 2.65 bits per heavy atom. The lowest BCUT2D eigenvalue weighted by Crippen LogP contribution is -2.09. The minimum atomic E-state index is 0.0221. The maximum atomic E-state index is 6.10. The maximum absolute atomic E-state index is 6.10. The fourth-order valence-electron chi connectivity index (χ4n) is 1.66. The number of hydrogen-bond donors (Lipinski definition) is 2. The van der Waals surface area contributed by atoms with E-state index in [9.17, 15) is 0 Å². The van der Waals surface area contributed by atoms with E-state index in [1.54, 1.807) is 12.1 Å². The van der Waals surface area contributed by atoms with Crippen molar-refractivity contribution in [3.63, 3.8) is 0 Å². The third kappa shape index (κ3) is 3.54. The molecule has 4 nitrogen and oxygen atoms in total. The number of nitrogens with two attached hydrogens (primary N) is 1. The summed E-state index contributed by atoms with van der Waals surface area (Å²) < 4.78 is 5.56. The van der Waals surface area contributed by atoms with E-state index >= 15 is 0 Å². The summed E-state index contributed by atoms with van der Waals surface area (Å²) in [5.74, 6) is 1.10. The molecule has 0 aliphatic carbocycles. The molecule has 0 saturated carbocycles. The molecule has 2 aromatic rings. The Bertz CT molecular complexity index is 614. The Hall–Kier alpha value is -1.94. The van der Waals surface area contributed by atoms with Gasteiger partial charge in [0.05, 0.1) is 11.8 Å². The summed E-state index contributed by atoms with van der Waals surface area (Å²) in [6, 6.07) is 9.33. The first-order valence-electron chi connectivity index (χ1n) is 6.42. The molecule has 5 heteroatoms. The fourth-order valence-corrected chi connectivity index (χ4v) is 1.84. The molecule has 1 heterocycles. The van der Waals surface area contributed by atoms with Crippen LogP contribution in [0.1, 0.15) is 19.4 Å². The van der Waals surface area contributed by atoms with Crippen LogP contribution in [0, 0.1) is 6.92 Å². The van der Waals surface area contributed by atoms with Crippen LogP contribution in [0.25, 0.3) is 0 Å². The standard InChI is InChI=1S/C15H18ClN3O/c1-9(2)20-15-13(17)6-7-14(19-15)18-11-5-4-10(3)12(16)8-11/h4-9H,17H2,1-3H3,(H,18,19). The predicted octanol–water partition coefficient (Wildman–Crippen LogP) is 4.16. The van der Waals surface area contributed by atoms with Gasteiger partial charge in [-0.05, 0) is 50.6 Å². The summed E-state index contributed by atoms with van der Waals surface area (Å²) in [5, 5.41) is 3.89. The van der Waals surface area contributed by atoms with E-state index in [-0.39, 0.29) is 6.10 Å². The number of aromatic nitrogens is 1. The number of aryl methyl sites for hydroxylation is 1. The van der Waals surface area contributed by atoms with Crippen LogP contribution in [0.4, 0.5) is 17.2 Å². The Kier molecular flexibility index (Phi) is 4.35. The van der Waals surface area contributed by atoms with Crippen molar-refractivity contribution in [3.05, 3.63) is 40.9 Å². The van der Waals surface area contributed by atoms with Crippen LogP contribution in [-0.4, -0.2) is 11.1 Å². The van der Waals surface area contributed by atoms with Gasteiger partial charge in [-0.3, -0.25) is 0 Å². The Morgan fingerprint density at radius 2 is 2.00 bits per heavy atom. The van der Waals surface area contributed by atoms with Crippen LogP contribution in [-0.2, 0) is 0 Å². The first kappa shape index (κ1) is 14.5. The normalized spacial score (nSPS) is 10.7. The lowest BCUT2D eigenvalue weighted by molar-refractivity contribution is 0.234. The Labute approximate surface area is 123 Å². The van der Waals surface area contributed by atoms with E-state index in [4.69, 9.17) is 22.1 Å². The first-order chi connectivity index (χ1) is 9.45. The molecule has 0 aliphatic heterocycles. The van der Waals surface area contributed by atoms with E-state index in [1.807, 2.05) is 39.0 Å². The molecule has 0 saturated heterocycles. The number of rotatable bonds is 4. The highest BCUT2D eigenvalue weighted by molar-refractivity contribution is 6.31. The lowest BCUT2D eigenvalue weighted by Gasteiger charge is -2.13. The molecule has 0 atom stereocenters. The van der Waals surface area contributed by atoms with Crippen LogP contribution in [0.2, 0.25) is 5.02 Å². The van der Waals surface area contributed by atoms with Crippen molar-refractivity contribution < 1.29 is 4.74 Å². The SMILES string of the molecule is Cc1ccc(Nc2ccc(N)c(OC(C)C)n2)cc1Cl. The van der Waals surface area contributed by atoms with Gasteiger partial charge in [-0.1, -0.05) is 17.7 Å². The van der Waals surface area contributed by atoms with E-state index in [0.717, 1.165) is 11.3 Å². The van der Waals surface area contributed by atoms with Crippen LogP contribution in [0.5, 0.6) is 5.88 Å². The van der Waals surface area contributed by atoms with Crippen molar-refractivity contribution in [2.75, 3.05) is 11.1 Å². The highest BCUT2D eigenvalue weighted by Gasteiger charge is 2.07. The second-order valence-corrected chi connectivity index (χ2v) is 5.25. The molecule has 3 N–H and O–H groups in total. The van der Waals surface area contributed by atoms with Crippen LogP contribution in [0.3, 0.4) is 0 Å². The van der Waals surface area contributed by atoms with E-state index in [0.29, 0.717) is 22.4 Å². The van der Waals surface area contributed by atoms with Crippen LogP contribution < -0.4 is 15.8 Å². The maximum Gasteiger partial charge on any atom is 0.239 e. The highest BCUT2D eigenvalue weighted by Crippen LogP contribution is 2.26. The number of pyridine rings is 1. The van der Waals surface area contributed by atoms with Gasteiger partial charge >= 0.3 is 0 Å². The van der Waals surface area contributed by atoms with Crippen molar-refractivity contribution in [3.8, 4) is 5.88 Å². The van der Waals surface area contributed by atoms with E-state index < -0.39 is 0 Å². The molecule has 0 fully saturated rings. The quantitative estimate of drug-likeness (QED) is 0.888. The number of benzene rings is 1. The van der Waals surface area contributed by atoms with Crippen molar-refractivity contribution >= 4 is 28.8 Å². The van der Waals surface area contributed by atoms with Gasteiger partial charge in [0.15, 0.2) is 0 Å². The number of halogens is 1. The average Bonchev–Trinajstić information content (AvgIpc) is 2.37. The second kappa shape index (κ2) is 6.01. The van der Waals surface area contributed by atoms with E-state index in [2.05, 4.69) is 10.3 Å². The minimum Gasteiger partial charge on any atom is -0.473 e. The van der Waals surface area contributed by atoms with Gasteiger partial charge in [0, 0.05) is 10.7 Å². The summed E-state index contributed by atoms with van der Waals surface area (Å²) in [7, 11) is 0. The molecule has 106 valence electrons. The van der Waals surface area contributed by atoms with Gasteiger partial charge in [-0.2, -0.15) is 4.98 Å². The molecular formula is C15H18ClN3O. The fraction of sp³-hybridized carbons (Fsp3) is 0.267. The average molecular weight is 292 g/mol. The molecule has 0 spiro atoms. The number of ether oxygens (including phenoxy) is 1. The lowest BCUT2D eigenvalue weighted by atomic mass is 10.2. The monoisotopic (exact) mass is 291 g/mol. The summed E-state index contributed by atoms with van der Waals surface area (Å²) in [6.45, 7) is 5.82. The zero-order chi connectivity index (χ0) is 14.7. The third-order valence-corrected chi connectivity index (χ3v) is 3.09. The Morgan fingerprint density at radius 1 is 1.25 bits per heavy atom. The van der Waals surface area contributed by atoms with Gasteiger partial charge in [0.1, 0.15) is 5.82 Å². The molecule has 0 aliphatic rings. The van der Waals surface area contributed by atoms with Gasteiger partial charge < -0.3 is 15.8 Å². The van der Waals surface area contributed by atoms with Crippen molar-refractivity contribution in [2.24, 2.45) is 0 Å². The molecule has 0 bridgehead atoms. The molecule has 0 radical (unpaired) electrons.